The Bertz CT molecular complexity index is 2850. The number of benzene rings is 5. The van der Waals surface area contributed by atoms with E-state index in [1.807, 2.05) is 103 Å². The number of hydrogen-bond acceptors (Lipinski definition) is 5. The minimum atomic E-state index is -0.242. The van der Waals surface area contributed by atoms with Crippen molar-refractivity contribution < 1.29 is 4.42 Å². The number of rotatable bonds is 10. The second kappa shape index (κ2) is 14.9. The standard InChI is InChI=1S/C50H41B2N5O/c1-7-8-24-36-38(45(52-6)57(44(36)51-5)49-55-46(32-18-12-9-13-19-32)54-47(56-49)33-20-14-10-15-21-33)29-31(2)35-25-26-37-40(30-35)50(3,4)39-27-28-41-43(42(37)39)58-48(53-41)34-22-16-11-17-23-34/h7-30H,1H2,2-6H3/b24-8-,31-29+. The van der Waals surface area contributed by atoms with Crippen LogP contribution >= 0.6 is 0 Å². The van der Waals surface area contributed by atoms with Gasteiger partial charge in [-0.15, -0.1) is 0 Å². The second-order valence-electron chi connectivity index (χ2n) is 15.1. The number of allylic oxidation sites excluding steroid dienone is 3. The maximum atomic E-state index is 6.54. The van der Waals surface area contributed by atoms with Crippen molar-refractivity contribution in [3.8, 4) is 51.3 Å². The molecule has 0 fully saturated rings. The molecule has 8 aromatic rings. The number of aromatic nitrogens is 5. The van der Waals surface area contributed by atoms with Gasteiger partial charge in [-0.1, -0.05) is 149 Å². The fourth-order valence-electron chi connectivity index (χ4n) is 8.27. The van der Waals surface area contributed by atoms with Crippen molar-refractivity contribution in [3.05, 3.63) is 168 Å². The topological polar surface area (TPSA) is 69.6 Å². The quantitative estimate of drug-likeness (QED) is 0.103. The first-order chi connectivity index (χ1) is 28.3. The lowest BCUT2D eigenvalue weighted by Crippen LogP contribution is -2.34. The molecule has 0 spiro atoms. The molecule has 0 unspecified atom stereocenters. The molecule has 5 aromatic carbocycles. The minimum absolute atomic E-state index is 0.242. The molecule has 1 aliphatic carbocycles. The van der Waals surface area contributed by atoms with Crippen LogP contribution in [0, 0.1) is 0 Å². The summed E-state index contributed by atoms with van der Waals surface area (Å²) in [5.41, 5.74) is 15.4. The van der Waals surface area contributed by atoms with Gasteiger partial charge in [-0.05, 0) is 87.4 Å². The molecule has 2 radical (unpaired) electrons. The maximum Gasteiger partial charge on any atom is 0.236 e. The zero-order chi connectivity index (χ0) is 40.0. The Labute approximate surface area is 341 Å². The summed E-state index contributed by atoms with van der Waals surface area (Å²) < 4.78 is 8.69. The Hall–Kier alpha value is -6.79. The minimum Gasteiger partial charge on any atom is -0.435 e. The Morgan fingerprint density at radius 2 is 1.29 bits per heavy atom. The lowest BCUT2D eigenvalue weighted by atomic mass is 9.73. The first kappa shape index (κ1) is 36.8. The van der Waals surface area contributed by atoms with Crippen LogP contribution in [0.3, 0.4) is 0 Å². The number of fused-ring (bicyclic) bond motifs is 5. The lowest BCUT2D eigenvalue weighted by molar-refractivity contribution is 0.618. The van der Waals surface area contributed by atoms with Crippen molar-refractivity contribution in [1.29, 1.82) is 0 Å². The summed E-state index contributed by atoms with van der Waals surface area (Å²) in [6.07, 6.45) is 8.21. The van der Waals surface area contributed by atoms with Crippen LogP contribution in [-0.4, -0.2) is 39.1 Å². The summed E-state index contributed by atoms with van der Waals surface area (Å²) in [7, 11) is 4.26. The SMILES string of the molecule is C=C/C=C\c1c(/C=C(\C)c2ccc3c(c2)C(C)(C)c2ccc4nc(-c5ccccc5)oc4c2-3)c([B]C)n(-c2nc(-c3ccccc3)nc(-c3ccccc3)n2)c1[B]C. The molecular weight excluding hydrogens is 708 g/mol. The molecule has 9 rings (SSSR count). The predicted octanol–water partition coefficient (Wildman–Crippen LogP) is 10.6. The van der Waals surface area contributed by atoms with Gasteiger partial charge in [0.2, 0.25) is 11.8 Å². The molecule has 0 bridgehead atoms. The molecule has 58 heavy (non-hydrogen) atoms. The zero-order valence-corrected chi connectivity index (χ0v) is 33.4. The molecule has 1 aliphatic rings. The van der Waals surface area contributed by atoms with Gasteiger partial charge >= 0.3 is 0 Å². The van der Waals surface area contributed by atoms with Gasteiger partial charge in [-0.2, -0.15) is 9.97 Å². The van der Waals surface area contributed by atoms with Crippen LogP contribution in [0.4, 0.5) is 0 Å². The van der Waals surface area contributed by atoms with Crippen molar-refractivity contribution in [2.75, 3.05) is 0 Å². The monoisotopic (exact) mass is 749 g/mol. The van der Waals surface area contributed by atoms with E-state index >= 15 is 0 Å². The predicted molar refractivity (Wildman–Crippen MR) is 242 cm³/mol. The number of oxazole rings is 1. The van der Waals surface area contributed by atoms with Gasteiger partial charge in [-0.25, -0.2) is 9.97 Å². The van der Waals surface area contributed by atoms with Gasteiger partial charge in [-0.3, -0.25) is 0 Å². The van der Waals surface area contributed by atoms with Crippen molar-refractivity contribution in [2.24, 2.45) is 0 Å². The summed E-state index contributed by atoms with van der Waals surface area (Å²) in [6, 6.07) is 41.4. The maximum absolute atomic E-state index is 6.54. The third-order valence-corrected chi connectivity index (χ3v) is 11.2. The molecule has 0 amide bonds. The van der Waals surface area contributed by atoms with E-state index < -0.39 is 0 Å². The summed E-state index contributed by atoms with van der Waals surface area (Å²) in [6.45, 7) is 14.9. The lowest BCUT2D eigenvalue weighted by Gasteiger charge is -2.22. The summed E-state index contributed by atoms with van der Waals surface area (Å²) >= 11 is 0. The highest BCUT2D eigenvalue weighted by Gasteiger charge is 2.38. The highest BCUT2D eigenvalue weighted by atomic mass is 16.3. The molecule has 0 aliphatic heterocycles. The van der Waals surface area contributed by atoms with Gasteiger partial charge in [0.05, 0.1) is 0 Å². The molecule has 0 saturated heterocycles. The molecule has 278 valence electrons. The number of hydrogen-bond donors (Lipinski definition) is 0. The molecule has 0 atom stereocenters. The fraction of sp³-hybridized carbons (Fsp3) is 0.120. The van der Waals surface area contributed by atoms with Gasteiger partial charge in [0, 0.05) is 27.7 Å². The Kier molecular flexibility index (Phi) is 9.49. The van der Waals surface area contributed by atoms with E-state index in [1.54, 1.807) is 0 Å². The van der Waals surface area contributed by atoms with Crippen molar-refractivity contribution in [1.82, 2.24) is 24.5 Å². The third kappa shape index (κ3) is 6.26. The Morgan fingerprint density at radius 1 is 0.690 bits per heavy atom. The molecule has 3 heterocycles. The molecule has 0 saturated carbocycles. The van der Waals surface area contributed by atoms with Crippen molar-refractivity contribution in [2.45, 2.75) is 39.8 Å². The van der Waals surface area contributed by atoms with E-state index in [-0.39, 0.29) is 5.41 Å². The fourth-order valence-corrected chi connectivity index (χ4v) is 8.27. The van der Waals surface area contributed by atoms with Gasteiger partial charge in [0.15, 0.2) is 31.8 Å². The third-order valence-electron chi connectivity index (χ3n) is 11.2. The van der Waals surface area contributed by atoms with Crippen LogP contribution in [0.5, 0.6) is 0 Å². The second-order valence-corrected chi connectivity index (χ2v) is 15.1. The first-order valence-corrected chi connectivity index (χ1v) is 19.7. The largest absolute Gasteiger partial charge is 0.435 e. The van der Waals surface area contributed by atoms with Crippen molar-refractivity contribution >= 4 is 54.6 Å². The Balaban J connectivity index is 1.19. The summed E-state index contributed by atoms with van der Waals surface area (Å²) in [5, 5.41) is 0. The molecule has 0 N–H and O–H groups in total. The highest BCUT2D eigenvalue weighted by Crippen LogP contribution is 2.52. The summed E-state index contributed by atoms with van der Waals surface area (Å²) in [5.74, 6) is 2.40. The molecule has 3 aromatic heterocycles. The number of nitrogens with zero attached hydrogens (tertiary/aromatic N) is 5. The van der Waals surface area contributed by atoms with Crippen LogP contribution in [0.1, 0.15) is 48.6 Å². The van der Waals surface area contributed by atoms with Crippen LogP contribution < -0.4 is 11.2 Å². The average molecular weight is 750 g/mol. The van der Waals surface area contributed by atoms with E-state index in [1.165, 1.54) is 16.7 Å². The van der Waals surface area contributed by atoms with E-state index in [4.69, 9.17) is 24.4 Å². The van der Waals surface area contributed by atoms with E-state index in [2.05, 4.69) is 103 Å². The zero-order valence-electron chi connectivity index (χ0n) is 33.4. The van der Waals surface area contributed by atoms with Crippen LogP contribution in [0.25, 0.3) is 80.1 Å². The van der Waals surface area contributed by atoms with Gasteiger partial charge in [0.1, 0.15) is 5.52 Å². The average Bonchev–Trinajstić information content (AvgIpc) is 3.91. The molecule has 8 heteroatoms. The van der Waals surface area contributed by atoms with E-state index in [0.29, 0.717) is 23.5 Å². The Morgan fingerprint density at radius 3 is 1.90 bits per heavy atom. The normalized spacial score (nSPS) is 13.2. The van der Waals surface area contributed by atoms with Crippen LogP contribution in [-0.2, 0) is 5.41 Å². The van der Waals surface area contributed by atoms with Gasteiger partial charge in [0.25, 0.3) is 0 Å². The highest BCUT2D eigenvalue weighted by molar-refractivity contribution is 6.57. The molecular formula is C50H41B2N5O. The van der Waals surface area contributed by atoms with E-state index in [9.17, 15) is 0 Å². The first-order valence-electron chi connectivity index (χ1n) is 19.7. The molecule has 6 nitrogen and oxygen atoms in total. The summed E-state index contributed by atoms with van der Waals surface area (Å²) in [4.78, 5) is 20.1. The van der Waals surface area contributed by atoms with E-state index in [0.717, 1.165) is 66.8 Å². The van der Waals surface area contributed by atoms with Crippen molar-refractivity contribution in [3.63, 3.8) is 0 Å². The van der Waals surface area contributed by atoms with Crippen LogP contribution in [0.15, 0.2) is 144 Å². The smallest absolute Gasteiger partial charge is 0.236 e. The van der Waals surface area contributed by atoms with Gasteiger partial charge < -0.3 is 8.98 Å². The van der Waals surface area contributed by atoms with Crippen LogP contribution in [0.2, 0.25) is 13.6 Å².